The zero-order chi connectivity index (χ0) is 11.7. The molecule has 2 aromatic carbocycles. The van der Waals surface area contributed by atoms with Crippen LogP contribution in [0.3, 0.4) is 0 Å². The van der Waals surface area contributed by atoms with E-state index in [0.717, 1.165) is 16.6 Å². The molecule has 0 spiro atoms. The first-order valence-corrected chi connectivity index (χ1v) is 5.49. The number of H-pyrrole nitrogens is 1. The third-order valence-electron chi connectivity index (χ3n) is 2.82. The molecule has 0 aliphatic heterocycles. The molecular weight excluding hydrogens is 210 g/mol. The van der Waals surface area contributed by atoms with Crippen LogP contribution in [0.5, 0.6) is 0 Å². The number of nitrogens with one attached hydrogen (secondary N) is 1. The van der Waals surface area contributed by atoms with E-state index in [1.807, 2.05) is 24.3 Å². The lowest BCUT2D eigenvalue weighted by Crippen LogP contribution is -1.76. The standard InChI is InChI=1S/C15H11NO/c17-9-3-4-11-7-8-15-13(10-11)12-5-1-2-6-14(12)16-15/h1-2,5-8,10,16-17H,9H2. The molecule has 3 rings (SSSR count). The fourth-order valence-corrected chi connectivity index (χ4v) is 2.07. The Balaban J connectivity index is 2.30. The van der Waals surface area contributed by atoms with Crippen molar-refractivity contribution in [3.63, 3.8) is 0 Å². The summed E-state index contributed by atoms with van der Waals surface area (Å²) in [5, 5.41) is 11.1. The summed E-state index contributed by atoms with van der Waals surface area (Å²) in [6.45, 7) is -0.105. The highest BCUT2D eigenvalue weighted by Gasteiger charge is 2.02. The number of aromatic nitrogens is 1. The molecule has 1 aromatic heterocycles. The van der Waals surface area contributed by atoms with Crippen molar-refractivity contribution in [3.8, 4) is 11.8 Å². The van der Waals surface area contributed by atoms with Crippen molar-refractivity contribution in [2.24, 2.45) is 0 Å². The van der Waals surface area contributed by atoms with Crippen LogP contribution in [0.15, 0.2) is 42.5 Å². The molecule has 0 saturated heterocycles. The Hall–Kier alpha value is -2.24. The lowest BCUT2D eigenvalue weighted by molar-refractivity contribution is 0.350. The molecule has 0 amide bonds. The van der Waals surface area contributed by atoms with Gasteiger partial charge in [-0.25, -0.2) is 0 Å². The predicted octanol–water partition coefficient (Wildman–Crippen LogP) is 2.66. The van der Waals surface area contributed by atoms with Gasteiger partial charge in [-0.1, -0.05) is 30.0 Å². The number of fused-ring (bicyclic) bond motifs is 3. The van der Waals surface area contributed by atoms with Crippen LogP contribution in [0.25, 0.3) is 21.8 Å². The van der Waals surface area contributed by atoms with E-state index >= 15 is 0 Å². The van der Waals surface area contributed by atoms with E-state index in [0.29, 0.717) is 0 Å². The van der Waals surface area contributed by atoms with E-state index in [-0.39, 0.29) is 6.61 Å². The van der Waals surface area contributed by atoms with Gasteiger partial charge in [0.05, 0.1) is 0 Å². The van der Waals surface area contributed by atoms with Gasteiger partial charge < -0.3 is 10.1 Å². The van der Waals surface area contributed by atoms with Gasteiger partial charge in [0.1, 0.15) is 6.61 Å². The second kappa shape index (κ2) is 3.97. The number of aromatic amines is 1. The first-order valence-electron chi connectivity index (χ1n) is 5.49. The second-order valence-electron chi connectivity index (χ2n) is 3.89. The smallest absolute Gasteiger partial charge is 0.104 e. The van der Waals surface area contributed by atoms with Crippen molar-refractivity contribution in [3.05, 3.63) is 48.0 Å². The molecule has 82 valence electrons. The molecule has 2 N–H and O–H groups in total. The zero-order valence-electron chi connectivity index (χ0n) is 9.20. The average molecular weight is 221 g/mol. The van der Waals surface area contributed by atoms with E-state index in [2.05, 4.69) is 35.0 Å². The zero-order valence-corrected chi connectivity index (χ0v) is 9.20. The first kappa shape index (κ1) is 9.95. The Kier molecular flexibility index (Phi) is 2.32. The third kappa shape index (κ3) is 1.67. The number of rotatable bonds is 0. The van der Waals surface area contributed by atoms with Crippen LogP contribution in [-0.2, 0) is 0 Å². The molecule has 0 bridgehead atoms. The van der Waals surface area contributed by atoms with Crippen molar-refractivity contribution < 1.29 is 5.11 Å². The van der Waals surface area contributed by atoms with Crippen molar-refractivity contribution in [2.45, 2.75) is 0 Å². The number of aliphatic hydroxyl groups is 1. The van der Waals surface area contributed by atoms with E-state index in [9.17, 15) is 0 Å². The van der Waals surface area contributed by atoms with Crippen molar-refractivity contribution in [1.29, 1.82) is 0 Å². The van der Waals surface area contributed by atoms with Crippen LogP contribution in [0.2, 0.25) is 0 Å². The number of hydrogen-bond acceptors (Lipinski definition) is 1. The van der Waals surface area contributed by atoms with Crippen LogP contribution < -0.4 is 0 Å². The second-order valence-corrected chi connectivity index (χ2v) is 3.89. The highest BCUT2D eigenvalue weighted by molar-refractivity contribution is 6.07. The number of para-hydroxylation sites is 1. The molecule has 0 saturated carbocycles. The van der Waals surface area contributed by atoms with Crippen LogP contribution in [0, 0.1) is 11.8 Å². The maximum Gasteiger partial charge on any atom is 0.104 e. The maximum atomic E-state index is 8.69. The van der Waals surface area contributed by atoms with Crippen molar-refractivity contribution in [2.75, 3.05) is 6.61 Å². The van der Waals surface area contributed by atoms with Gasteiger partial charge >= 0.3 is 0 Å². The van der Waals surface area contributed by atoms with Crippen LogP contribution in [0.4, 0.5) is 0 Å². The minimum absolute atomic E-state index is 0.105. The minimum Gasteiger partial charge on any atom is -0.384 e. The van der Waals surface area contributed by atoms with Gasteiger partial charge in [0.15, 0.2) is 0 Å². The highest BCUT2D eigenvalue weighted by Crippen LogP contribution is 2.25. The Bertz CT molecular complexity index is 744. The summed E-state index contributed by atoms with van der Waals surface area (Å²) >= 11 is 0. The van der Waals surface area contributed by atoms with Crippen LogP contribution in [0.1, 0.15) is 5.56 Å². The largest absolute Gasteiger partial charge is 0.384 e. The van der Waals surface area contributed by atoms with Gasteiger partial charge in [0.2, 0.25) is 0 Å². The van der Waals surface area contributed by atoms with Gasteiger partial charge in [-0.15, -0.1) is 0 Å². The molecular formula is C15H11NO. The van der Waals surface area contributed by atoms with Crippen molar-refractivity contribution >= 4 is 21.8 Å². The topological polar surface area (TPSA) is 36.0 Å². The summed E-state index contributed by atoms with van der Waals surface area (Å²) in [6, 6.07) is 14.2. The summed E-state index contributed by atoms with van der Waals surface area (Å²) in [7, 11) is 0. The molecule has 0 aliphatic carbocycles. The van der Waals surface area contributed by atoms with E-state index in [1.165, 1.54) is 10.8 Å². The molecule has 3 aromatic rings. The lowest BCUT2D eigenvalue weighted by atomic mass is 10.1. The summed E-state index contributed by atoms with van der Waals surface area (Å²) in [5.74, 6) is 5.59. The highest BCUT2D eigenvalue weighted by atomic mass is 16.2. The number of hydrogen-bond donors (Lipinski definition) is 2. The van der Waals surface area contributed by atoms with Gasteiger partial charge in [0.25, 0.3) is 0 Å². The first-order chi connectivity index (χ1) is 8.38. The number of aliphatic hydroxyl groups excluding tert-OH is 1. The lowest BCUT2D eigenvalue weighted by Gasteiger charge is -1.92. The van der Waals surface area contributed by atoms with Gasteiger partial charge in [0, 0.05) is 27.4 Å². The molecule has 2 nitrogen and oxygen atoms in total. The third-order valence-corrected chi connectivity index (χ3v) is 2.82. The Morgan fingerprint density at radius 3 is 2.71 bits per heavy atom. The monoisotopic (exact) mass is 221 g/mol. The maximum absolute atomic E-state index is 8.69. The Morgan fingerprint density at radius 2 is 1.82 bits per heavy atom. The summed E-state index contributed by atoms with van der Waals surface area (Å²) in [4.78, 5) is 3.36. The van der Waals surface area contributed by atoms with Crippen molar-refractivity contribution in [1.82, 2.24) is 4.98 Å². The molecule has 17 heavy (non-hydrogen) atoms. The Morgan fingerprint density at radius 1 is 1.00 bits per heavy atom. The summed E-state index contributed by atoms with van der Waals surface area (Å²) in [5.41, 5.74) is 3.17. The van der Waals surface area contributed by atoms with E-state index < -0.39 is 0 Å². The molecule has 0 aliphatic rings. The van der Waals surface area contributed by atoms with Gasteiger partial charge in [-0.2, -0.15) is 0 Å². The number of benzene rings is 2. The van der Waals surface area contributed by atoms with E-state index in [1.54, 1.807) is 0 Å². The normalized spacial score (nSPS) is 10.4. The SMILES string of the molecule is OCC#Cc1ccc2[nH]c3ccccc3c2c1. The molecule has 0 atom stereocenters. The predicted molar refractivity (Wildman–Crippen MR) is 69.8 cm³/mol. The van der Waals surface area contributed by atoms with Gasteiger partial charge in [-0.3, -0.25) is 0 Å². The van der Waals surface area contributed by atoms with Crippen LogP contribution in [-0.4, -0.2) is 16.7 Å². The van der Waals surface area contributed by atoms with Gasteiger partial charge in [-0.05, 0) is 24.3 Å². The summed E-state index contributed by atoms with van der Waals surface area (Å²) < 4.78 is 0. The van der Waals surface area contributed by atoms with Crippen LogP contribution >= 0.6 is 0 Å². The molecule has 0 fully saturated rings. The molecule has 0 unspecified atom stereocenters. The average Bonchev–Trinajstić information content (AvgIpc) is 2.74. The molecule has 2 heteroatoms. The Labute approximate surface area is 98.9 Å². The summed E-state index contributed by atoms with van der Waals surface area (Å²) in [6.07, 6.45) is 0. The fourth-order valence-electron chi connectivity index (χ4n) is 2.07. The quantitative estimate of drug-likeness (QED) is 0.562. The van der Waals surface area contributed by atoms with E-state index in [4.69, 9.17) is 5.11 Å². The molecule has 1 heterocycles. The fraction of sp³-hybridized carbons (Fsp3) is 0.0667. The minimum atomic E-state index is -0.105. The molecule has 0 radical (unpaired) electrons.